The highest BCUT2D eigenvalue weighted by Crippen LogP contribution is 2.23. The van der Waals surface area contributed by atoms with E-state index in [2.05, 4.69) is 84.7 Å². The van der Waals surface area contributed by atoms with Crippen LogP contribution in [0.4, 0.5) is 0 Å². The molecule has 0 radical (unpaired) electrons. The normalized spacial score (nSPS) is 11.3. The lowest BCUT2D eigenvalue weighted by molar-refractivity contribution is 1.11. The van der Waals surface area contributed by atoms with Gasteiger partial charge >= 0.3 is 0 Å². The molecule has 0 atom stereocenters. The van der Waals surface area contributed by atoms with E-state index in [1.807, 2.05) is 39.8 Å². The lowest BCUT2D eigenvalue weighted by Gasteiger charge is -2.11. The van der Waals surface area contributed by atoms with E-state index in [-0.39, 0.29) is 14.9 Å². The van der Waals surface area contributed by atoms with Gasteiger partial charge in [-0.1, -0.05) is 98.6 Å². The predicted octanol–water partition coefficient (Wildman–Crippen LogP) is 10.1. The van der Waals surface area contributed by atoms with Crippen LogP contribution >= 0.6 is 0 Å². The maximum atomic E-state index is 3.71. The second-order valence-electron chi connectivity index (χ2n) is 4.20. The average Bonchev–Trinajstić information content (AvgIpc) is 2.66. The van der Waals surface area contributed by atoms with Crippen LogP contribution in [0.1, 0.15) is 83.6 Å². The molecule has 0 fully saturated rings. The first-order chi connectivity index (χ1) is 11.6. The van der Waals surface area contributed by atoms with Crippen molar-refractivity contribution in [2.75, 3.05) is 0 Å². The first kappa shape index (κ1) is 39.3. The van der Waals surface area contributed by atoms with Crippen LogP contribution < -0.4 is 0 Å². The van der Waals surface area contributed by atoms with Crippen molar-refractivity contribution in [1.29, 1.82) is 0 Å². The average molecular weight is 363 g/mol. The van der Waals surface area contributed by atoms with Gasteiger partial charge in [0.2, 0.25) is 0 Å². The second-order valence-corrected chi connectivity index (χ2v) is 4.20. The molecule has 0 amide bonds. The summed E-state index contributed by atoms with van der Waals surface area (Å²) in [6, 6.07) is 0. The van der Waals surface area contributed by atoms with Crippen LogP contribution in [0, 0.1) is 0 Å². The third kappa shape index (κ3) is 20.2. The highest BCUT2D eigenvalue weighted by molar-refractivity contribution is 5.49. The van der Waals surface area contributed by atoms with E-state index in [4.69, 9.17) is 0 Å². The molecule has 0 aliphatic rings. The Balaban J connectivity index is -0.000000112. The molecule has 0 nitrogen and oxygen atoms in total. The van der Waals surface area contributed by atoms with E-state index in [0.717, 1.165) is 6.42 Å². The van der Waals surface area contributed by atoms with Crippen molar-refractivity contribution in [3.63, 3.8) is 0 Å². The van der Waals surface area contributed by atoms with Crippen molar-refractivity contribution in [3.05, 3.63) is 84.6 Å². The summed E-state index contributed by atoms with van der Waals surface area (Å²) in [4.78, 5) is 0. The molecule has 0 saturated carbocycles. The number of hydrogen-bond donors (Lipinski definition) is 0. The Kier molecular flexibility index (Phi) is 52.2. The molecule has 0 heteroatoms. The molecule has 0 aromatic heterocycles. The van der Waals surface area contributed by atoms with Crippen molar-refractivity contribution in [1.82, 2.24) is 0 Å². The maximum absolute atomic E-state index is 3.71. The van der Waals surface area contributed by atoms with Crippen molar-refractivity contribution in [2.45, 2.75) is 83.6 Å². The molecule has 0 bridgehead atoms. The Labute approximate surface area is 168 Å². The van der Waals surface area contributed by atoms with Crippen LogP contribution in [0.5, 0.6) is 0 Å². The fraction of sp³-hybridized carbons (Fsp3) is 0.462. The van der Waals surface area contributed by atoms with E-state index in [0.29, 0.717) is 0 Å². The third-order valence-electron chi connectivity index (χ3n) is 2.91. The zero-order chi connectivity index (χ0) is 20.0. The highest BCUT2D eigenvalue weighted by atomic mass is 14.1. The minimum atomic E-state index is 0. The zero-order valence-corrected chi connectivity index (χ0v) is 17.9. The van der Waals surface area contributed by atoms with Gasteiger partial charge in [0.05, 0.1) is 0 Å². The topological polar surface area (TPSA) is 0 Å². The number of rotatable bonds is 6. The van der Waals surface area contributed by atoms with Crippen LogP contribution in [0.3, 0.4) is 0 Å². The van der Waals surface area contributed by atoms with Crippen molar-refractivity contribution < 1.29 is 0 Å². The Morgan fingerprint density at radius 3 is 1.54 bits per heavy atom. The monoisotopic (exact) mass is 362 g/mol. The van der Waals surface area contributed by atoms with Gasteiger partial charge < -0.3 is 0 Å². The van der Waals surface area contributed by atoms with Crippen LogP contribution in [0.25, 0.3) is 0 Å². The molecule has 0 heterocycles. The number of hydrogen-bond acceptors (Lipinski definition) is 0. The van der Waals surface area contributed by atoms with Gasteiger partial charge in [0.15, 0.2) is 0 Å². The molecule has 0 rings (SSSR count). The van der Waals surface area contributed by atoms with Crippen LogP contribution in [-0.4, -0.2) is 0 Å². The molecular formula is C26H50. The van der Waals surface area contributed by atoms with E-state index >= 15 is 0 Å². The molecule has 0 N–H and O–H groups in total. The van der Waals surface area contributed by atoms with Gasteiger partial charge in [-0.3, -0.25) is 0 Å². The SMILES string of the molecule is C.C.C=C.C=C\C=C/C(C)=C(C)/C(/C=C\C)=C(/C=C\C)CC.CC.CC. The standard InChI is InChI=1S/C18H26.2C2H6.C2H4.2CH4/c1-7-11-14-15(5)16(6)18(13-9-3)17(10-4)12-8-2;3*1-2;;/h7-9,11-14H,1,10H2,2-6H3;2*1-2H3;1-2H2;2*1H4/b12-8-,13-9-,14-11-,16-15+,18-17+;;;;;. The minimum absolute atomic E-state index is 0. The van der Waals surface area contributed by atoms with Gasteiger partial charge in [-0.05, 0) is 56.4 Å². The Morgan fingerprint density at radius 2 is 1.23 bits per heavy atom. The van der Waals surface area contributed by atoms with Crippen molar-refractivity contribution >= 4 is 0 Å². The van der Waals surface area contributed by atoms with Crippen molar-refractivity contribution in [2.24, 2.45) is 0 Å². The van der Waals surface area contributed by atoms with Gasteiger partial charge in [0.25, 0.3) is 0 Å². The summed E-state index contributed by atoms with van der Waals surface area (Å²) in [5.41, 5.74) is 5.29. The van der Waals surface area contributed by atoms with Gasteiger partial charge in [0.1, 0.15) is 0 Å². The summed E-state index contributed by atoms with van der Waals surface area (Å²) in [7, 11) is 0. The van der Waals surface area contributed by atoms with Gasteiger partial charge in [-0.15, -0.1) is 13.2 Å². The molecular weight excluding hydrogens is 312 g/mol. The van der Waals surface area contributed by atoms with Gasteiger partial charge in [-0.2, -0.15) is 0 Å². The summed E-state index contributed by atoms with van der Waals surface area (Å²) in [6.07, 6.45) is 15.5. The summed E-state index contributed by atoms with van der Waals surface area (Å²) in [5.74, 6) is 0. The van der Waals surface area contributed by atoms with Gasteiger partial charge in [-0.25, -0.2) is 0 Å². The lowest BCUT2D eigenvalue weighted by Crippen LogP contribution is -1.91. The molecule has 154 valence electrons. The smallest absolute Gasteiger partial charge is 0.0196 e. The second kappa shape index (κ2) is 34.5. The Morgan fingerprint density at radius 1 is 0.808 bits per heavy atom. The molecule has 0 unspecified atom stereocenters. The maximum Gasteiger partial charge on any atom is -0.0196 e. The molecule has 0 saturated heterocycles. The van der Waals surface area contributed by atoms with E-state index in [1.165, 1.54) is 22.3 Å². The molecule has 0 aliphatic carbocycles. The van der Waals surface area contributed by atoms with Crippen LogP contribution in [-0.2, 0) is 0 Å². The molecule has 0 spiro atoms. The van der Waals surface area contributed by atoms with Crippen LogP contribution in [0.2, 0.25) is 0 Å². The first-order valence-corrected chi connectivity index (χ1v) is 9.07. The fourth-order valence-corrected chi connectivity index (χ4v) is 1.79. The van der Waals surface area contributed by atoms with Crippen LogP contribution in [0.15, 0.2) is 84.6 Å². The summed E-state index contributed by atoms with van der Waals surface area (Å²) in [6.45, 7) is 28.3. The summed E-state index contributed by atoms with van der Waals surface area (Å²) < 4.78 is 0. The quantitative estimate of drug-likeness (QED) is 0.325. The fourth-order valence-electron chi connectivity index (χ4n) is 1.79. The van der Waals surface area contributed by atoms with E-state index in [1.54, 1.807) is 0 Å². The summed E-state index contributed by atoms with van der Waals surface area (Å²) >= 11 is 0. The summed E-state index contributed by atoms with van der Waals surface area (Å²) in [5, 5.41) is 0. The minimum Gasteiger partial charge on any atom is -0.106 e. The molecule has 0 aliphatic heterocycles. The van der Waals surface area contributed by atoms with E-state index < -0.39 is 0 Å². The van der Waals surface area contributed by atoms with Crippen molar-refractivity contribution in [3.8, 4) is 0 Å². The molecule has 0 aromatic rings. The predicted molar refractivity (Wildman–Crippen MR) is 132 cm³/mol. The lowest BCUT2D eigenvalue weighted by atomic mass is 9.94. The molecule has 26 heavy (non-hydrogen) atoms. The largest absolute Gasteiger partial charge is 0.106 e. The Bertz CT molecular complexity index is 423. The highest BCUT2D eigenvalue weighted by Gasteiger charge is 2.04. The zero-order valence-electron chi connectivity index (χ0n) is 17.9. The van der Waals surface area contributed by atoms with E-state index in [9.17, 15) is 0 Å². The number of allylic oxidation sites excluding steroid dienone is 11. The first-order valence-electron chi connectivity index (χ1n) is 9.07. The van der Waals surface area contributed by atoms with Gasteiger partial charge in [0, 0.05) is 0 Å². The third-order valence-corrected chi connectivity index (χ3v) is 2.91. The molecule has 0 aromatic carbocycles. The Hall–Kier alpha value is -1.82.